The molecule has 1 N–H and O–H groups in total. The van der Waals surface area contributed by atoms with E-state index < -0.39 is 30.9 Å². The van der Waals surface area contributed by atoms with E-state index in [1.54, 1.807) is 18.2 Å². The molecule has 0 amide bonds. The SMILES string of the molecule is [2H]C1([2H])CC(c2ccc(F)cc2)[C@@]([2H])(COc2ccc3c(c2)OC([2H])([2H])O3)CN1. The van der Waals surface area contributed by atoms with Crippen LogP contribution in [0.5, 0.6) is 17.2 Å². The average Bonchev–Trinajstić information content (AvgIpc) is 2.96. The Balaban J connectivity index is 1.54. The summed E-state index contributed by atoms with van der Waals surface area (Å²) in [6, 6.07) is 10.4. The Kier molecular flexibility index (Phi) is 2.95. The fraction of sp³-hybridized carbons (Fsp3) is 0.368. The number of piperidine rings is 1. The van der Waals surface area contributed by atoms with Crippen LogP contribution in [0.3, 0.4) is 0 Å². The van der Waals surface area contributed by atoms with Crippen molar-refractivity contribution in [2.75, 3.05) is 26.4 Å². The minimum atomic E-state index is -2.23. The van der Waals surface area contributed by atoms with Gasteiger partial charge in [0, 0.05) is 22.6 Å². The van der Waals surface area contributed by atoms with Crippen LogP contribution in [0.2, 0.25) is 0 Å². The lowest BCUT2D eigenvalue weighted by Gasteiger charge is -2.32. The first-order chi connectivity index (χ1) is 13.6. The molecule has 4 rings (SSSR count). The summed E-state index contributed by atoms with van der Waals surface area (Å²) in [5.74, 6) is -1.25. The van der Waals surface area contributed by atoms with E-state index in [9.17, 15) is 4.39 Å². The zero-order valence-electron chi connectivity index (χ0n) is 17.8. The Labute approximate surface area is 147 Å². The number of benzene rings is 2. The van der Waals surface area contributed by atoms with Gasteiger partial charge in [0.05, 0.1) is 6.61 Å². The lowest BCUT2D eigenvalue weighted by Crippen LogP contribution is -2.38. The highest BCUT2D eigenvalue weighted by Crippen LogP contribution is 2.36. The van der Waals surface area contributed by atoms with Crippen LogP contribution in [0.4, 0.5) is 4.39 Å². The second-order valence-corrected chi connectivity index (χ2v) is 5.68. The molecule has 1 unspecified atom stereocenters. The van der Waals surface area contributed by atoms with Gasteiger partial charge in [-0.2, -0.15) is 0 Å². The van der Waals surface area contributed by atoms with Crippen LogP contribution in [-0.2, 0) is 0 Å². The van der Waals surface area contributed by atoms with E-state index in [1.165, 1.54) is 24.3 Å². The van der Waals surface area contributed by atoms with E-state index in [0.717, 1.165) is 0 Å². The fourth-order valence-electron chi connectivity index (χ4n) is 2.85. The Bertz CT molecular complexity index is 911. The third-order valence-corrected chi connectivity index (χ3v) is 4.15. The minimum absolute atomic E-state index is 0.0484. The van der Waals surface area contributed by atoms with Crippen LogP contribution >= 0.6 is 0 Å². The van der Waals surface area contributed by atoms with Gasteiger partial charge in [0.15, 0.2) is 11.5 Å². The maximum absolute atomic E-state index is 13.3. The maximum Gasteiger partial charge on any atom is 0.231 e. The molecule has 24 heavy (non-hydrogen) atoms. The van der Waals surface area contributed by atoms with Gasteiger partial charge in [-0.3, -0.25) is 0 Å². The van der Waals surface area contributed by atoms with Crippen molar-refractivity contribution < 1.29 is 25.5 Å². The molecular weight excluding hydrogens is 309 g/mol. The van der Waals surface area contributed by atoms with Gasteiger partial charge in [-0.1, -0.05) is 12.1 Å². The lowest BCUT2D eigenvalue weighted by molar-refractivity contribution is 0.173. The number of rotatable bonds is 4. The first kappa shape index (κ1) is 10.6. The number of fused-ring (bicyclic) bond motifs is 1. The minimum Gasteiger partial charge on any atom is -0.493 e. The van der Waals surface area contributed by atoms with Gasteiger partial charge in [0.25, 0.3) is 0 Å². The van der Waals surface area contributed by atoms with E-state index in [4.69, 9.17) is 21.1 Å². The van der Waals surface area contributed by atoms with Crippen LogP contribution in [0.1, 0.15) is 24.8 Å². The largest absolute Gasteiger partial charge is 0.493 e. The van der Waals surface area contributed by atoms with Crippen molar-refractivity contribution in [3.05, 3.63) is 53.8 Å². The highest BCUT2D eigenvalue weighted by molar-refractivity contribution is 5.46. The van der Waals surface area contributed by atoms with E-state index in [2.05, 4.69) is 5.32 Å². The van der Waals surface area contributed by atoms with E-state index in [0.29, 0.717) is 11.3 Å². The molecule has 126 valence electrons. The summed E-state index contributed by atoms with van der Waals surface area (Å²) in [7, 11) is 0. The summed E-state index contributed by atoms with van der Waals surface area (Å²) in [5, 5.41) is 2.75. The third kappa shape index (κ3) is 3.17. The van der Waals surface area contributed by atoms with Crippen LogP contribution < -0.4 is 19.5 Å². The molecule has 0 aliphatic carbocycles. The van der Waals surface area contributed by atoms with Gasteiger partial charge in [0.1, 0.15) is 14.3 Å². The van der Waals surface area contributed by atoms with Crippen molar-refractivity contribution in [2.45, 2.75) is 12.3 Å². The molecule has 0 aromatic heterocycles. The smallest absolute Gasteiger partial charge is 0.231 e. The van der Waals surface area contributed by atoms with Crippen molar-refractivity contribution in [2.24, 2.45) is 5.89 Å². The van der Waals surface area contributed by atoms with E-state index in [-0.39, 0.29) is 31.1 Å². The first-order valence-electron chi connectivity index (χ1n) is 10.2. The fourth-order valence-corrected chi connectivity index (χ4v) is 2.85. The quantitative estimate of drug-likeness (QED) is 0.931. The number of nitrogens with one attached hydrogen (secondary N) is 1. The van der Waals surface area contributed by atoms with Gasteiger partial charge in [-0.05, 0) is 48.7 Å². The maximum atomic E-state index is 13.3. The monoisotopic (exact) mass is 334 g/mol. The molecule has 1 saturated heterocycles. The molecule has 4 nitrogen and oxygen atoms in total. The van der Waals surface area contributed by atoms with Crippen molar-refractivity contribution in [3.8, 4) is 17.2 Å². The predicted octanol–water partition coefficient (Wildman–Crippen LogP) is 3.33. The molecule has 0 bridgehead atoms. The number of hydrogen-bond acceptors (Lipinski definition) is 4. The standard InChI is InChI=1S/C19H20FNO3/c20-15-3-1-13(2-4-15)17-7-8-21-10-14(17)11-22-16-5-6-18-19(9-16)24-12-23-18/h1-6,9,14,17,21H,7-8,10-12H2/t14-,17?/m1/s1/i8D2,12D2,14D. The molecular formula is C19H20FNO3. The molecule has 2 atom stereocenters. The Morgan fingerprint density at radius 2 is 2.04 bits per heavy atom. The van der Waals surface area contributed by atoms with Crippen LogP contribution in [0.15, 0.2) is 42.5 Å². The molecule has 1 fully saturated rings. The lowest BCUT2D eigenvalue weighted by atomic mass is 9.81. The molecule has 2 aliphatic heterocycles. The van der Waals surface area contributed by atoms with Crippen molar-refractivity contribution in [1.29, 1.82) is 0 Å². The Morgan fingerprint density at radius 1 is 1.21 bits per heavy atom. The molecule has 0 radical (unpaired) electrons. The second-order valence-electron chi connectivity index (χ2n) is 5.68. The van der Waals surface area contributed by atoms with Crippen molar-refractivity contribution >= 4 is 0 Å². The highest BCUT2D eigenvalue weighted by Gasteiger charge is 2.27. The van der Waals surface area contributed by atoms with Crippen molar-refractivity contribution in [3.63, 3.8) is 0 Å². The number of halogens is 1. The highest BCUT2D eigenvalue weighted by atomic mass is 19.1. The molecule has 2 heterocycles. The van der Waals surface area contributed by atoms with Gasteiger partial charge in [0.2, 0.25) is 6.75 Å². The molecule has 2 aromatic rings. The summed E-state index contributed by atoms with van der Waals surface area (Å²) >= 11 is 0. The third-order valence-electron chi connectivity index (χ3n) is 4.15. The van der Waals surface area contributed by atoms with Crippen LogP contribution in [0.25, 0.3) is 0 Å². The zero-order chi connectivity index (χ0) is 20.9. The normalized spacial score (nSPS) is 32.7. The number of hydrogen-bond donors (Lipinski definition) is 1. The van der Waals surface area contributed by atoms with E-state index >= 15 is 0 Å². The molecule has 0 spiro atoms. The predicted molar refractivity (Wildman–Crippen MR) is 88.2 cm³/mol. The zero-order valence-corrected chi connectivity index (χ0v) is 12.8. The molecule has 5 heteroatoms. The summed E-state index contributed by atoms with van der Waals surface area (Å²) in [4.78, 5) is 0. The average molecular weight is 334 g/mol. The molecule has 2 aliphatic rings. The second kappa shape index (κ2) is 6.69. The summed E-state index contributed by atoms with van der Waals surface area (Å²) < 4.78 is 69.2. The van der Waals surface area contributed by atoms with Crippen LogP contribution in [0, 0.1) is 11.7 Å². The molecule has 2 aromatic carbocycles. The van der Waals surface area contributed by atoms with Gasteiger partial charge in [-0.15, -0.1) is 0 Å². The topological polar surface area (TPSA) is 39.7 Å². The van der Waals surface area contributed by atoms with E-state index in [1.807, 2.05) is 0 Å². The first-order valence-corrected chi connectivity index (χ1v) is 7.71. The number of ether oxygens (including phenoxy) is 3. The summed E-state index contributed by atoms with van der Waals surface area (Å²) in [6.45, 7) is -3.88. The Morgan fingerprint density at radius 3 is 2.92 bits per heavy atom. The molecule has 0 saturated carbocycles. The Hall–Kier alpha value is -2.27. The summed E-state index contributed by atoms with van der Waals surface area (Å²) in [5.41, 5.74) is 0.675. The van der Waals surface area contributed by atoms with Crippen LogP contribution in [-0.4, -0.2) is 26.4 Å². The van der Waals surface area contributed by atoms with Gasteiger partial charge < -0.3 is 19.5 Å². The summed E-state index contributed by atoms with van der Waals surface area (Å²) in [6.07, 6.45) is 0.0484. The van der Waals surface area contributed by atoms with Gasteiger partial charge in [-0.25, -0.2) is 4.39 Å². The van der Waals surface area contributed by atoms with Crippen molar-refractivity contribution in [1.82, 2.24) is 5.32 Å². The van der Waals surface area contributed by atoms with Gasteiger partial charge >= 0.3 is 0 Å².